The van der Waals surface area contributed by atoms with Gasteiger partial charge in [-0.1, -0.05) is 11.6 Å². The van der Waals surface area contributed by atoms with Crippen LogP contribution in [0.2, 0.25) is 0 Å². The molecule has 0 fully saturated rings. The maximum Gasteiger partial charge on any atom is 0.231 e. The standard InChI is InChI=1S/C20H18O6/c1-11(9-21)2-3-13-15(22)5-4-14(20(13)23)17-6-12-7-18-19(25-10-24-18)8-16(12)26-17/h2,4-8,21-23H,3,9-10H2,1H3. The lowest BCUT2D eigenvalue weighted by Crippen LogP contribution is -1.92. The van der Waals surface area contributed by atoms with Crippen LogP contribution in [0, 0.1) is 0 Å². The molecule has 1 aromatic heterocycles. The molecule has 134 valence electrons. The number of hydrogen-bond donors (Lipinski definition) is 3. The van der Waals surface area contributed by atoms with Crippen molar-refractivity contribution >= 4 is 11.0 Å². The molecule has 2 aromatic carbocycles. The Balaban J connectivity index is 1.77. The zero-order valence-electron chi connectivity index (χ0n) is 14.2. The van der Waals surface area contributed by atoms with Crippen LogP contribution < -0.4 is 9.47 Å². The minimum absolute atomic E-state index is 0.00914. The zero-order valence-corrected chi connectivity index (χ0v) is 14.2. The smallest absolute Gasteiger partial charge is 0.231 e. The van der Waals surface area contributed by atoms with E-state index < -0.39 is 0 Å². The van der Waals surface area contributed by atoms with E-state index in [1.807, 2.05) is 12.1 Å². The third kappa shape index (κ3) is 2.74. The predicted octanol–water partition coefficient (Wildman–Crippen LogP) is 3.72. The minimum atomic E-state index is -0.0698. The van der Waals surface area contributed by atoms with Crippen LogP contribution in [0.15, 0.2) is 46.4 Å². The topological polar surface area (TPSA) is 92.3 Å². The highest BCUT2D eigenvalue weighted by molar-refractivity contribution is 5.87. The van der Waals surface area contributed by atoms with E-state index in [-0.39, 0.29) is 24.9 Å². The number of aliphatic hydroxyl groups excluding tert-OH is 1. The van der Waals surface area contributed by atoms with Gasteiger partial charge in [-0.2, -0.15) is 0 Å². The van der Waals surface area contributed by atoms with Crippen molar-refractivity contribution in [2.24, 2.45) is 0 Å². The van der Waals surface area contributed by atoms with Gasteiger partial charge in [0, 0.05) is 17.0 Å². The summed E-state index contributed by atoms with van der Waals surface area (Å²) in [6, 6.07) is 8.52. The zero-order chi connectivity index (χ0) is 18.3. The summed E-state index contributed by atoms with van der Waals surface area (Å²) in [5.74, 6) is 1.70. The van der Waals surface area contributed by atoms with Crippen LogP contribution in [-0.4, -0.2) is 28.7 Å². The number of aliphatic hydroxyl groups is 1. The van der Waals surface area contributed by atoms with Gasteiger partial charge in [-0.3, -0.25) is 0 Å². The first kappa shape index (κ1) is 16.4. The average molecular weight is 354 g/mol. The van der Waals surface area contributed by atoms with Gasteiger partial charge < -0.3 is 29.2 Å². The molecule has 4 rings (SSSR count). The average Bonchev–Trinajstić information content (AvgIpc) is 3.24. The number of phenols is 2. The number of furan rings is 1. The quantitative estimate of drug-likeness (QED) is 0.619. The molecule has 0 unspecified atom stereocenters. The Hall–Kier alpha value is -3.12. The third-order valence-corrected chi connectivity index (χ3v) is 4.44. The molecule has 0 saturated heterocycles. The number of benzene rings is 2. The number of ether oxygens (including phenoxy) is 2. The van der Waals surface area contributed by atoms with Crippen molar-refractivity contribution < 1.29 is 29.2 Å². The van der Waals surface area contributed by atoms with Crippen LogP contribution >= 0.6 is 0 Å². The summed E-state index contributed by atoms with van der Waals surface area (Å²) in [7, 11) is 0. The molecule has 0 radical (unpaired) electrons. The van der Waals surface area contributed by atoms with Crippen molar-refractivity contribution in [3.8, 4) is 34.3 Å². The first-order valence-corrected chi connectivity index (χ1v) is 8.20. The van der Waals surface area contributed by atoms with Crippen molar-refractivity contribution in [1.29, 1.82) is 0 Å². The Labute approximate surface area is 149 Å². The molecule has 0 saturated carbocycles. The summed E-state index contributed by atoms with van der Waals surface area (Å²) in [5, 5.41) is 30.7. The Bertz CT molecular complexity index is 974. The van der Waals surface area contributed by atoms with Crippen molar-refractivity contribution in [1.82, 2.24) is 0 Å². The Morgan fingerprint density at radius 3 is 2.65 bits per heavy atom. The first-order valence-electron chi connectivity index (χ1n) is 8.20. The number of aromatic hydroxyl groups is 2. The predicted molar refractivity (Wildman–Crippen MR) is 95.6 cm³/mol. The normalized spacial score (nSPS) is 13.5. The third-order valence-electron chi connectivity index (χ3n) is 4.44. The van der Waals surface area contributed by atoms with Crippen molar-refractivity contribution in [3.05, 3.63) is 47.5 Å². The molecule has 0 aliphatic carbocycles. The van der Waals surface area contributed by atoms with E-state index >= 15 is 0 Å². The first-order chi connectivity index (χ1) is 12.6. The SMILES string of the molecule is CC(=CCc1c(O)ccc(-c2cc3cc4c(cc3o2)OCO4)c1O)CO. The lowest BCUT2D eigenvalue weighted by atomic mass is 10.0. The monoisotopic (exact) mass is 354 g/mol. The summed E-state index contributed by atoms with van der Waals surface area (Å²) in [6.07, 6.45) is 2.06. The van der Waals surface area contributed by atoms with Crippen molar-refractivity contribution in [2.45, 2.75) is 13.3 Å². The molecule has 0 atom stereocenters. The largest absolute Gasteiger partial charge is 0.508 e. The maximum absolute atomic E-state index is 10.6. The lowest BCUT2D eigenvalue weighted by molar-refractivity contribution is 0.174. The second kappa shape index (κ2) is 6.31. The number of rotatable bonds is 4. The van der Waals surface area contributed by atoms with E-state index in [1.165, 1.54) is 6.07 Å². The Kier molecular flexibility index (Phi) is 3.97. The summed E-state index contributed by atoms with van der Waals surface area (Å²) in [6.45, 7) is 1.90. The van der Waals surface area contributed by atoms with Crippen molar-refractivity contribution in [3.63, 3.8) is 0 Å². The summed E-state index contributed by atoms with van der Waals surface area (Å²) in [5.41, 5.74) is 2.23. The lowest BCUT2D eigenvalue weighted by Gasteiger charge is -2.09. The van der Waals surface area contributed by atoms with Gasteiger partial charge in [-0.05, 0) is 37.6 Å². The fourth-order valence-corrected chi connectivity index (χ4v) is 2.93. The van der Waals surface area contributed by atoms with Gasteiger partial charge in [0.1, 0.15) is 22.8 Å². The van der Waals surface area contributed by atoms with Crippen LogP contribution in [0.4, 0.5) is 0 Å². The van der Waals surface area contributed by atoms with E-state index in [1.54, 1.807) is 25.1 Å². The molecule has 3 aromatic rings. The minimum Gasteiger partial charge on any atom is -0.508 e. The van der Waals surface area contributed by atoms with E-state index in [4.69, 9.17) is 19.0 Å². The highest BCUT2D eigenvalue weighted by atomic mass is 16.7. The number of phenolic OH excluding ortho intramolecular Hbond substituents is 2. The highest BCUT2D eigenvalue weighted by Gasteiger charge is 2.19. The van der Waals surface area contributed by atoms with Crippen LogP contribution in [0.3, 0.4) is 0 Å². The van der Waals surface area contributed by atoms with Crippen LogP contribution in [0.1, 0.15) is 12.5 Å². The fraction of sp³-hybridized carbons (Fsp3) is 0.200. The molecule has 1 aliphatic rings. The second-order valence-corrected chi connectivity index (χ2v) is 6.23. The molecule has 0 bridgehead atoms. The Morgan fingerprint density at radius 1 is 1.12 bits per heavy atom. The second-order valence-electron chi connectivity index (χ2n) is 6.23. The van der Waals surface area contributed by atoms with E-state index in [2.05, 4.69) is 0 Å². The molecule has 0 amide bonds. The molecule has 1 aliphatic heterocycles. The molecule has 2 heterocycles. The molecule has 6 nitrogen and oxygen atoms in total. The Morgan fingerprint density at radius 2 is 1.88 bits per heavy atom. The molecule has 26 heavy (non-hydrogen) atoms. The van der Waals surface area contributed by atoms with Crippen LogP contribution in [0.5, 0.6) is 23.0 Å². The molecular formula is C20H18O6. The van der Waals surface area contributed by atoms with E-state index in [0.29, 0.717) is 40.4 Å². The van der Waals surface area contributed by atoms with Crippen molar-refractivity contribution in [2.75, 3.05) is 13.4 Å². The van der Waals surface area contributed by atoms with Gasteiger partial charge >= 0.3 is 0 Å². The molecule has 3 N–H and O–H groups in total. The van der Waals surface area contributed by atoms with Gasteiger partial charge in [0.25, 0.3) is 0 Å². The molecule has 0 spiro atoms. The number of hydrogen-bond acceptors (Lipinski definition) is 6. The summed E-state index contributed by atoms with van der Waals surface area (Å²) >= 11 is 0. The van der Waals surface area contributed by atoms with Crippen LogP contribution in [0.25, 0.3) is 22.3 Å². The van der Waals surface area contributed by atoms with Gasteiger partial charge in [0.2, 0.25) is 6.79 Å². The number of allylic oxidation sites excluding steroid dienone is 1. The highest BCUT2D eigenvalue weighted by Crippen LogP contribution is 2.42. The number of fused-ring (bicyclic) bond motifs is 2. The maximum atomic E-state index is 10.6. The molecule has 6 heteroatoms. The summed E-state index contributed by atoms with van der Waals surface area (Å²) < 4.78 is 16.6. The van der Waals surface area contributed by atoms with Gasteiger partial charge in [0.15, 0.2) is 11.5 Å². The van der Waals surface area contributed by atoms with Gasteiger partial charge in [-0.25, -0.2) is 0 Å². The van der Waals surface area contributed by atoms with E-state index in [0.717, 1.165) is 11.0 Å². The summed E-state index contributed by atoms with van der Waals surface area (Å²) in [4.78, 5) is 0. The van der Waals surface area contributed by atoms with Crippen LogP contribution in [-0.2, 0) is 6.42 Å². The van der Waals surface area contributed by atoms with Gasteiger partial charge in [-0.15, -0.1) is 0 Å². The van der Waals surface area contributed by atoms with E-state index in [9.17, 15) is 10.2 Å². The molecular weight excluding hydrogens is 336 g/mol. The van der Waals surface area contributed by atoms with Gasteiger partial charge in [0.05, 0.1) is 12.2 Å². The fourth-order valence-electron chi connectivity index (χ4n) is 2.93.